The normalized spacial score (nSPS) is 10.7. The fraction of sp³-hybridized carbons (Fsp3) is 0.100. The maximum Gasteiger partial charge on any atom is 0.234 e. The largest absolute Gasteiger partial charge is 0.496 e. The molecule has 0 atom stereocenters. The van der Waals surface area contributed by atoms with Crippen molar-refractivity contribution in [1.29, 1.82) is 5.26 Å². The summed E-state index contributed by atoms with van der Waals surface area (Å²) in [7, 11) is 1.55. The molecule has 30 heavy (non-hydrogen) atoms. The molecule has 1 amide bonds. The molecule has 150 valence electrons. The molecule has 0 radical (unpaired) electrons. The number of nitriles is 1. The van der Waals surface area contributed by atoms with Gasteiger partial charge >= 0.3 is 0 Å². The van der Waals surface area contributed by atoms with E-state index < -0.39 is 0 Å². The highest BCUT2D eigenvalue weighted by Crippen LogP contribution is 2.32. The zero-order valence-electron chi connectivity index (χ0n) is 15.6. The second-order valence-electron chi connectivity index (χ2n) is 6.06. The molecular formula is C20H14ClN5O3S. The first-order valence-corrected chi connectivity index (χ1v) is 10.1. The Bertz CT molecular complexity index is 1280. The molecule has 2 aromatic carbocycles. The van der Waals surface area contributed by atoms with Crippen LogP contribution in [-0.4, -0.2) is 34.0 Å². The highest BCUT2D eigenvalue weighted by molar-refractivity contribution is 7.99. The number of ether oxygens (including phenoxy) is 1. The van der Waals surface area contributed by atoms with Crippen LogP contribution in [0.3, 0.4) is 0 Å². The number of aromatic amines is 1. The number of aromatic nitrogens is 3. The number of para-hydroxylation sites is 1. The Morgan fingerprint density at radius 1 is 1.37 bits per heavy atom. The summed E-state index contributed by atoms with van der Waals surface area (Å²) < 4.78 is 10.8. The Balaban J connectivity index is 1.46. The quantitative estimate of drug-likeness (QED) is 0.425. The Labute approximate surface area is 180 Å². The summed E-state index contributed by atoms with van der Waals surface area (Å²) in [6, 6.07) is 14.3. The molecular weight excluding hydrogens is 426 g/mol. The predicted molar refractivity (Wildman–Crippen MR) is 114 cm³/mol. The molecule has 8 nitrogen and oxygen atoms in total. The van der Waals surface area contributed by atoms with Gasteiger partial charge in [0.05, 0.1) is 18.4 Å². The predicted octanol–water partition coefficient (Wildman–Crippen LogP) is 4.48. The van der Waals surface area contributed by atoms with Crippen LogP contribution in [0.25, 0.3) is 22.4 Å². The number of thioether (sulfide) groups is 1. The van der Waals surface area contributed by atoms with Gasteiger partial charge in [-0.1, -0.05) is 35.5 Å². The number of halogens is 1. The molecule has 2 heterocycles. The van der Waals surface area contributed by atoms with Crippen molar-refractivity contribution in [2.75, 3.05) is 18.2 Å². The third-order valence-electron chi connectivity index (χ3n) is 4.18. The van der Waals surface area contributed by atoms with Crippen molar-refractivity contribution in [2.45, 2.75) is 5.16 Å². The lowest BCUT2D eigenvalue weighted by atomic mass is 10.2. The van der Waals surface area contributed by atoms with Crippen LogP contribution in [0.4, 0.5) is 5.69 Å². The number of methoxy groups -OCH3 is 1. The standard InChI is InChI=1S/C20H14ClN5O3S/c1-28-14-7-6-11(21)8-13(14)19-24-20(26-25-19)30-10-17(27)23-18-12-4-2-3-5-15(12)29-16(18)9-22/h2-8H,10H2,1H3,(H,23,27)(H,24,25,26). The maximum absolute atomic E-state index is 12.4. The number of carbonyl (C=O) groups excluding carboxylic acids is 1. The van der Waals surface area contributed by atoms with E-state index in [-0.39, 0.29) is 17.4 Å². The number of hydrogen-bond acceptors (Lipinski definition) is 7. The van der Waals surface area contributed by atoms with Crippen LogP contribution in [0, 0.1) is 11.3 Å². The zero-order chi connectivity index (χ0) is 21.1. The molecule has 0 aliphatic heterocycles. The van der Waals surface area contributed by atoms with E-state index in [9.17, 15) is 10.1 Å². The van der Waals surface area contributed by atoms with Gasteiger partial charge in [0, 0.05) is 10.4 Å². The number of fused-ring (bicyclic) bond motifs is 1. The van der Waals surface area contributed by atoms with Gasteiger partial charge in [0.2, 0.25) is 16.8 Å². The summed E-state index contributed by atoms with van der Waals surface area (Å²) >= 11 is 7.21. The van der Waals surface area contributed by atoms with E-state index in [1.54, 1.807) is 43.5 Å². The fourth-order valence-corrected chi connectivity index (χ4v) is 3.62. The number of benzene rings is 2. The van der Waals surface area contributed by atoms with Crippen molar-refractivity contribution in [3.8, 4) is 23.2 Å². The lowest BCUT2D eigenvalue weighted by Gasteiger charge is -2.05. The maximum atomic E-state index is 12.4. The molecule has 0 aliphatic carbocycles. The van der Waals surface area contributed by atoms with Crippen molar-refractivity contribution in [3.05, 3.63) is 53.2 Å². The number of nitrogens with one attached hydrogen (secondary N) is 2. The number of anilines is 1. The van der Waals surface area contributed by atoms with Gasteiger partial charge in [-0.25, -0.2) is 4.98 Å². The number of hydrogen-bond donors (Lipinski definition) is 2. The Hall–Kier alpha value is -3.48. The van der Waals surface area contributed by atoms with Crippen molar-refractivity contribution >= 4 is 45.9 Å². The number of H-pyrrole nitrogens is 1. The van der Waals surface area contributed by atoms with Gasteiger partial charge in [-0.05, 0) is 30.3 Å². The van der Waals surface area contributed by atoms with Gasteiger partial charge < -0.3 is 14.5 Å². The third kappa shape index (κ3) is 3.96. The van der Waals surface area contributed by atoms with E-state index in [0.29, 0.717) is 44.0 Å². The van der Waals surface area contributed by atoms with E-state index in [4.69, 9.17) is 20.8 Å². The monoisotopic (exact) mass is 439 g/mol. The number of amides is 1. The van der Waals surface area contributed by atoms with E-state index in [2.05, 4.69) is 20.5 Å². The first-order valence-electron chi connectivity index (χ1n) is 8.69. The molecule has 4 rings (SSSR count). The van der Waals surface area contributed by atoms with Gasteiger partial charge in [0.1, 0.15) is 23.1 Å². The summed E-state index contributed by atoms with van der Waals surface area (Å²) in [6.07, 6.45) is 0. The van der Waals surface area contributed by atoms with Crippen LogP contribution in [0.2, 0.25) is 5.02 Å². The molecule has 2 N–H and O–H groups in total. The summed E-state index contributed by atoms with van der Waals surface area (Å²) in [5, 5.41) is 20.6. The van der Waals surface area contributed by atoms with Gasteiger partial charge in [0.25, 0.3) is 0 Å². The highest BCUT2D eigenvalue weighted by Gasteiger charge is 2.17. The van der Waals surface area contributed by atoms with Crippen LogP contribution in [-0.2, 0) is 4.79 Å². The Kier molecular flexibility index (Phi) is 5.61. The molecule has 0 bridgehead atoms. The third-order valence-corrected chi connectivity index (χ3v) is 5.26. The molecule has 10 heteroatoms. The summed E-state index contributed by atoms with van der Waals surface area (Å²) in [5.74, 6) is 0.872. The molecule has 4 aromatic rings. The van der Waals surface area contributed by atoms with E-state index >= 15 is 0 Å². The average molecular weight is 440 g/mol. The average Bonchev–Trinajstić information content (AvgIpc) is 3.37. The van der Waals surface area contributed by atoms with Crippen LogP contribution < -0.4 is 10.1 Å². The van der Waals surface area contributed by atoms with Crippen LogP contribution in [0.5, 0.6) is 5.75 Å². The van der Waals surface area contributed by atoms with E-state index in [0.717, 1.165) is 11.8 Å². The lowest BCUT2D eigenvalue weighted by molar-refractivity contribution is -0.113. The first kappa shape index (κ1) is 19.8. The van der Waals surface area contributed by atoms with E-state index in [1.165, 1.54) is 0 Å². The van der Waals surface area contributed by atoms with Crippen LogP contribution >= 0.6 is 23.4 Å². The fourth-order valence-electron chi connectivity index (χ4n) is 2.85. The topological polar surface area (TPSA) is 117 Å². The Morgan fingerprint density at radius 2 is 2.20 bits per heavy atom. The van der Waals surface area contributed by atoms with Crippen molar-refractivity contribution in [2.24, 2.45) is 0 Å². The summed E-state index contributed by atoms with van der Waals surface area (Å²) in [6.45, 7) is 0. The minimum absolute atomic E-state index is 0.0499. The van der Waals surface area contributed by atoms with Crippen molar-refractivity contribution < 1.29 is 13.9 Å². The molecule has 0 aliphatic rings. The zero-order valence-corrected chi connectivity index (χ0v) is 17.2. The number of rotatable bonds is 6. The van der Waals surface area contributed by atoms with Gasteiger partial charge in [0.15, 0.2) is 5.82 Å². The molecule has 0 spiro atoms. The van der Waals surface area contributed by atoms with Gasteiger partial charge in [-0.2, -0.15) is 5.26 Å². The van der Waals surface area contributed by atoms with Crippen LogP contribution in [0.1, 0.15) is 5.76 Å². The second-order valence-corrected chi connectivity index (χ2v) is 7.44. The Morgan fingerprint density at radius 3 is 3.00 bits per heavy atom. The smallest absolute Gasteiger partial charge is 0.234 e. The van der Waals surface area contributed by atoms with Crippen LogP contribution in [0.15, 0.2) is 52.0 Å². The number of carbonyl (C=O) groups is 1. The molecule has 0 saturated heterocycles. The van der Waals surface area contributed by atoms with Gasteiger partial charge in [-0.15, -0.1) is 5.10 Å². The van der Waals surface area contributed by atoms with Gasteiger partial charge in [-0.3, -0.25) is 9.89 Å². The van der Waals surface area contributed by atoms with Crippen molar-refractivity contribution in [3.63, 3.8) is 0 Å². The molecule has 2 aromatic heterocycles. The minimum atomic E-state index is -0.310. The SMILES string of the molecule is COc1ccc(Cl)cc1-c1nc(SCC(=O)Nc2c(C#N)oc3ccccc23)n[nH]1. The van der Waals surface area contributed by atoms with E-state index in [1.807, 2.05) is 12.1 Å². The number of nitrogens with zero attached hydrogens (tertiary/aromatic N) is 3. The molecule has 0 unspecified atom stereocenters. The minimum Gasteiger partial charge on any atom is -0.496 e. The summed E-state index contributed by atoms with van der Waals surface area (Å²) in [4.78, 5) is 16.8. The van der Waals surface area contributed by atoms with Crippen molar-refractivity contribution in [1.82, 2.24) is 15.2 Å². The highest BCUT2D eigenvalue weighted by atomic mass is 35.5. The lowest BCUT2D eigenvalue weighted by Crippen LogP contribution is -2.14. The number of furan rings is 1. The first-order chi connectivity index (χ1) is 14.6. The second kappa shape index (κ2) is 8.49. The molecule has 0 saturated carbocycles. The summed E-state index contributed by atoms with van der Waals surface area (Å²) in [5.41, 5.74) is 1.56. The molecule has 0 fully saturated rings.